The Bertz CT molecular complexity index is 407. The minimum absolute atomic E-state index is 0.229. The second kappa shape index (κ2) is 6.87. The molecule has 0 saturated carbocycles. The summed E-state index contributed by atoms with van der Waals surface area (Å²) in [7, 11) is 3.11. The second-order valence-electron chi connectivity index (χ2n) is 5.06. The van der Waals surface area contributed by atoms with Crippen molar-refractivity contribution in [2.45, 2.75) is 38.8 Å². The normalized spacial score (nSPS) is 13.4. The van der Waals surface area contributed by atoms with E-state index in [9.17, 15) is 4.39 Å². The average molecular weight is 269 g/mol. The van der Waals surface area contributed by atoms with E-state index in [1.54, 1.807) is 25.3 Å². The summed E-state index contributed by atoms with van der Waals surface area (Å²) in [5.41, 5.74) is 0.0576. The fourth-order valence-electron chi connectivity index (χ4n) is 2.05. The molecule has 0 aliphatic heterocycles. The fourth-order valence-corrected chi connectivity index (χ4v) is 2.05. The smallest absolute Gasteiger partial charge is 0.169 e. The van der Waals surface area contributed by atoms with Gasteiger partial charge in [0, 0.05) is 12.7 Å². The molecule has 1 rings (SSSR count). The number of hydrogen-bond donors (Lipinski definition) is 1. The third-order valence-corrected chi connectivity index (χ3v) is 3.34. The zero-order valence-corrected chi connectivity index (χ0v) is 12.4. The molecule has 19 heavy (non-hydrogen) atoms. The SMILES string of the molecule is CCCNC(c1cccc(OC)c1F)C(C)(C)OC. The molecule has 0 saturated heterocycles. The van der Waals surface area contributed by atoms with E-state index in [1.807, 2.05) is 13.8 Å². The van der Waals surface area contributed by atoms with Crippen LogP contribution in [0.2, 0.25) is 0 Å². The highest BCUT2D eigenvalue weighted by molar-refractivity contribution is 5.34. The van der Waals surface area contributed by atoms with Crippen LogP contribution in [-0.2, 0) is 4.74 Å². The quantitative estimate of drug-likeness (QED) is 0.824. The van der Waals surface area contributed by atoms with Gasteiger partial charge >= 0.3 is 0 Å². The second-order valence-corrected chi connectivity index (χ2v) is 5.06. The molecule has 0 heterocycles. The highest BCUT2D eigenvalue weighted by Gasteiger charge is 2.32. The summed E-state index contributed by atoms with van der Waals surface area (Å²) in [5.74, 6) is -0.0728. The summed E-state index contributed by atoms with van der Waals surface area (Å²) in [5, 5.41) is 3.35. The van der Waals surface area contributed by atoms with E-state index in [0.717, 1.165) is 13.0 Å². The van der Waals surface area contributed by atoms with Crippen molar-refractivity contribution in [3.8, 4) is 5.75 Å². The Morgan fingerprint density at radius 1 is 1.32 bits per heavy atom. The van der Waals surface area contributed by atoms with Crippen LogP contribution in [-0.4, -0.2) is 26.4 Å². The van der Waals surface area contributed by atoms with E-state index in [4.69, 9.17) is 9.47 Å². The highest BCUT2D eigenvalue weighted by atomic mass is 19.1. The molecule has 0 radical (unpaired) electrons. The molecule has 1 atom stereocenters. The molecule has 0 bridgehead atoms. The summed E-state index contributed by atoms with van der Waals surface area (Å²) in [6, 6.07) is 4.96. The molecule has 4 heteroatoms. The van der Waals surface area contributed by atoms with Gasteiger partial charge in [-0.3, -0.25) is 0 Å². The van der Waals surface area contributed by atoms with Gasteiger partial charge in [-0.1, -0.05) is 19.1 Å². The minimum atomic E-state index is -0.512. The molecule has 3 nitrogen and oxygen atoms in total. The Balaban J connectivity index is 3.17. The van der Waals surface area contributed by atoms with Gasteiger partial charge in [-0.05, 0) is 32.9 Å². The Morgan fingerprint density at radius 2 is 2.00 bits per heavy atom. The van der Waals surface area contributed by atoms with Crippen LogP contribution >= 0.6 is 0 Å². The number of nitrogens with one attached hydrogen (secondary N) is 1. The monoisotopic (exact) mass is 269 g/mol. The van der Waals surface area contributed by atoms with Gasteiger partial charge in [-0.25, -0.2) is 4.39 Å². The largest absolute Gasteiger partial charge is 0.494 e. The lowest BCUT2D eigenvalue weighted by Crippen LogP contribution is -2.41. The first-order chi connectivity index (χ1) is 8.97. The lowest BCUT2D eigenvalue weighted by atomic mass is 9.91. The van der Waals surface area contributed by atoms with Crippen LogP contribution in [0.5, 0.6) is 5.75 Å². The molecule has 0 aromatic heterocycles. The standard InChI is InChI=1S/C15H24FNO2/c1-6-10-17-14(15(2,3)19-5)11-8-7-9-12(18-4)13(11)16/h7-9,14,17H,6,10H2,1-5H3. The number of ether oxygens (including phenoxy) is 2. The molecule has 0 fully saturated rings. The summed E-state index contributed by atoms with van der Waals surface area (Å²) in [6.45, 7) is 6.76. The Hall–Kier alpha value is -1.13. The lowest BCUT2D eigenvalue weighted by molar-refractivity contribution is -0.0121. The topological polar surface area (TPSA) is 30.5 Å². The molecule has 1 aromatic carbocycles. The fraction of sp³-hybridized carbons (Fsp3) is 0.600. The lowest BCUT2D eigenvalue weighted by Gasteiger charge is -2.34. The van der Waals surface area contributed by atoms with Crippen LogP contribution in [0.4, 0.5) is 4.39 Å². The average Bonchev–Trinajstić information content (AvgIpc) is 2.40. The van der Waals surface area contributed by atoms with Crippen LogP contribution in [0.15, 0.2) is 18.2 Å². The summed E-state index contributed by atoms with van der Waals surface area (Å²) < 4.78 is 24.9. The molecular weight excluding hydrogens is 245 g/mol. The van der Waals surface area contributed by atoms with Gasteiger partial charge in [-0.15, -0.1) is 0 Å². The van der Waals surface area contributed by atoms with Gasteiger partial charge in [0.2, 0.25) is 0 Å². The third kappa shape index (κ3) is 3.67. The first-order valence-electron chi connectivity index (χ1n) is 6.58. The first-order valence-corrected chi connectivity index (χ1v) is 6.58. The van der Waals surface area contributed by atoms with Gasteiger partial charge < -0.3 is 14.8 Å². The summed E-state index contributed by atoms with van der Waals surface area (Å²) in [4.78, 5) is 0. The first kappa shape index (κ1) is 15.9. The minimum Gasteiger partial charge on any atom is -0.494 e. The van der Waals surface area contributed by atoms with E-state index >= 15 is 0 Å². The molecule has 108 valence electrons. The molecule has 0 amide bonds. The molecule has 0 aliphatic rings. The van der Waals surface area contributed by atoms with Gasteiger partial charge in [-0.2, -0.15) is 0 Å². The van der Waals surface area contributed by atoms with Crippen LogP contribution in [0.25, 0.3) is 0 Å². The maximum atomic E-state index is 14.4. The summed E-state index contributed by atoms with van der Waals surface area (Å²) >= 11 is 0. The Labute approximate surface area is 115 Å². The van der Waals surface area contributed by atoms with Crippen molar-refractivity contribution in [3.05, 3.63) is 29.6 Å². The van der Waals surface area contributed by atoms with Crippen molar-refractivity contribution in [3.63, 3.8) is 0 Å². The number of rotatable bonds is 7. The van der Waals surface area contributed by atoms with Crippen molar-refractivity contribution in [2.75, 3.05) is 20.8 Å². The van der Waals surface area contributed by atoms with E-state index in [2.05, 4.69) is 12.2 Å². The van der Waals surface area contributed by atoms with Crippen LogP contribution in [0, 0.1) is 5.82 Å². The third-order valence-electron chi connectivity index (χ3n) is 3.34. The maximum Gasteiger partial charge on any atom is 0.169 e. The Morgan fingerprint density at radius 3 is 2.53 bits per heavy atom. The number of hydrogen-bond acceptors (Lipinski definition) is 3. The zero-order valence-electron chi connectivity index (χ0n) is 12.4. The molecule has 1 unspecified atom stereocenters. The molecule has 1 N–H and O–H groups in total. The van der Waals surface area contributed by atoms with Crippen molar-refractivity contribution in [1.29, 1.82) is 0 Å². The maximum absolute atomic E-state index is 14.4. The predicted octanol–water partition coefficient (Wildman–Crippen LogP) is 3.30. The van der Waals surface area contributed by atoms with Crippen LogP contribution < -0.4 is 10.1 Å². The van der Waals surface area contributed by atoms with Crippen LogP contribution in [0.1, 0.15) is 38.8 Å². The molecular formula is C15H24FNO2. The van der Waals surface area contributed by atoms with E-state index in [-0.39, 0.29) is 17.6 Å². The van der Waals surface area contributed by atoms with Crippen LogP contribution in [0.3, 0.4) is 0 Å². The number of methoxy groups -OCH3 is 2. The van der Waals surface area contributed by atoms with E-state index in [1.165, 1.54) is 7.11 Å². The van der Waals surface area contributed by atoms with Gasteiger partial charge in [0.25, 0.3) is 0 Å². The van der Waals surface area contributed by atoms with Gasteiger partial charge in [0.1, 0.15) is 0 Å². The number of benzene rings is 1. The molecule has 0 spiro atoms. The molecule has 0 aliphatic carbocycles. The highest BCUT2D eigenvalue weighted by Crippen LogP contribution is 2.33. The van der Waals surface area contributed by atoms with Crippen molar-refractivity contribution >= 4 is 0 Å². The number of halogens is 1. The van der Waals surface area contributed by atoms with Crippen molar-refractivity contribution in [2.24, 2.45) is 0 Å². The zero-order chi connectivity index (χ0) is 14.5. The van der Waals surface area contributed by atoms with Gasteiger partial charge in [0.15, 0.2) is 11.6 Å². The molecule has 1 aromatic rings. The predicted molar refractivity (Wildman–Crippen MR) is 75.1 cm³/mol. The van der Waals surface area contributed by atoms with Crippen molar-refractivity contribution in [1.82, 2.24) is 5.32 Å². The van der Waals surface area contributed by atoms with E-state index < -0.39 is 5.60 Å². The van der Waals surface area contributed by atoms with Crippen molar-refractivity contribution < 1.29 is 13.9 Å². The van der Waals surface area contributed by atoms with E-state index in [0.29, 0.717) is 5.56 Å². The summed E-state index contributed by atoms with van der Waals surface area (Å²) in [6.07, 6.45) is 0.974. The Kier molecular flexibility index (Phi) is 5.76. The van der Waals surface area contributed by atoms with Gasteiger partial charge in [0.05, 0.1) is 18.8 Å².